The number of ether oxygens (including phenoxy) is 1. The molecule has 0 fully saturated rings. The molecule has 4 aromatic rings. The lowest BCUT2D eigenvalue weighted by Crippen LogP contribution is -2.31. The second-order valence-electron chi connectivity index (χ2n) is 8.96. The van der Waals surface area contributed by atoms with E-state index in [1.807, 2.05) is 79.7 Å². The van der Waals surface area contributed by atoms with Crippen molar-refractivity contribution in [2.75, 3.05) is 16.4 Å². The summed E-state index contributed by atoms with van der Waals surface area (Å²) in [4.78, 5) is 18.5. The maximum Gasteiger partial charge on any atom is 0.255 e. The number of fused-ring (bicyclic) bond motifs is 1. The Kier molecular flexibility index (Phi) is 8.60. The van der Waals surface area contributed by atoms with Crippen LogP contribution < -0.4 is 15.4 Å². The number of amides is 1. The number of carbonyl (C=O) groups excluding carboxylic acids is 1. The van der Waals surface area contributed by atoms with Gasteiger partial charge >= 0.3 is 0 Å². The molecule has 2 heterocycles. The van der Waals surface area contributed by atoms with E-state index in [0.717, 1.165) is 27.8 Å². The quantitative estimate of drug-likeness (QED) is 0.186. The van der Waals surface area contributed by atoms with E-state index in [4.69, 9.17) is 26.4 Å². The summed E-state index contributed by atoms with van der Waals surface area (Å²) in [6.45, 7) is 4.27. The number of para-hydroxylation sites is 1. The summed E-state index contributed by atoms with van der Waals surface area (Å²) in [5, 5.41) is 12.4. The largest absolute Gasteiger partial charge is 0.488 e. The van der Waals surface area contributed by atoms with Crippen LogP contribution in [0.5, 0.6) is 5.75 Å². The fraction of sp³-hybridized carbons (Fsp3) is 0.207. The number of rotatable bonds is 9. The number of nitrogens with zero attached hydrogens (tertiary/aromatic N) is 3. The van der Waals surface area contributed by atoms with Crippen molar-refractivity contribution < 1.29 is 9.53 Å². The number of anilines is 2. The molecule has 1 atom stereocenters. The Morgan fingerprint density at radius 2 is 1.92 bits per heavy atom. The molecular weight excluding hydrogens is 598 g/mol. The van der Waals surface area contributed by atoms with Crippen LogP contribution in [0.25, 0.3) is 0 Å². The first-order valence-corrected chi connectivity index (χ1v) is 14.7. The Balaban J connectivity index is 1.58. The number of halogens is 2. The van der Waals surface area contributed by atoms with Gasteiger partial charge in [0.25, 0.3) is 5.91 Å². The molecule has 7 nitrogen and oxygen atoms in total. The van der Waals surface area contributed by atoms with E-state index in [1.54, 1.807) is 16.4 Å². The predicted molar refractivity (Wildman–Crippen MR) is 160 cm³/mol. The minimum atomic E-state index is -0.591. The minimum absolute atomic E-state index is 0.239. The fourth-order valence-corrected chi connectivity index (χ4v) is 5.58. The third kappa shape index (κ3) is 6.16. The molecule has 1 aromatic heterocycles. The summed E-state index contributed by atoms with van der Waals surface area (Å²) in [5.74, 6) is 1.85. The lowest BCUT2D eigenvalue weighted by Gasteiger charge is -2.30. The van der Waals surface area contributed by atoms with E-state index in [2.05, 4.69) is 33.5 Å². The van der Waals surface area contributed by atoms with E-state index >= 15 is 0 Å². The van der Waals surface area contributed by atoms with Gasteiger partial charge in [-0.1, -0.05) is 82.6 Å². The van der Waals surface area contributed by atoms with E-state index in [9.17, 15) is 4.79 Å². The first-order chi connectivity index (χ1) is 18.9. The second-order valence-corrected chi connectivity index (χ2v) is 11.3. The van der Waals surface area contributed by atoms with Gasteiger partial charge in [0.1, 0.15) is 18.4 Å². The van der Waals surface area contributed by atoms with Gasteiger partial charge in [0.2, 0.25) is 11.1 Å². The smallest absolute Gasteiger partial charge is 0.255 e. The number of hydrogen-bond donors (Lipinski definition) is 2. The number of aromatic nitrogens is 3. The molecule has 0 aliphatic carbocycles. The van der Waals surface area contributed by atoms with Gasteiger partial charge in [0.05, 0.1) is 5.57 Å². The van der Waals surface area contributed by atoms with Gasteiger partial charge in [-0.2, -0.15) is 4.98 Å². The van der Waals surface area contributed by atoms with Crippen molar-refractivity contribution in [3.8, 4) is 5.75 Å². The molecule has 3 aromatic carbocycles. The first-order valence-electron chi connectivity index (χ1n) is 12.5. The third-order valence-electron chi connectivity index (χ3n) is 6.15. The molecular formula is C29H27BrClN5O2S. The zero-order chi connectivity index (χ0) is 27.4. The van der Waals surface area contributed by atoms with Crippen molar-refractivity contribution in [2.45, 2.75) is 38.1 Å². The molecule has 10 heteroatoms. The predicted octanol–water partition coefficient (Wildman–Crippen LogP) is 7.70. The highest BCUT2D eigenvalue weighted by Crippen LogP contribution is 2.41. The summed E-state index contributed by atoms with van der Waals surface area (Å²) in [7, 11) is 0. The van der Waals surface area contributed by atoms with Gasteiger partial charge in [-0.25, -0.2) is 4.68 Å². The molecule has 1 amide bonds. The molecule has 1 aliphatic rings. The zero-order valence-corrected chi connectivity index (χ0v) is 24.6. The molecule has 0 bridgehead atoms. The Morgan fingerprint density at radius 3 is 2.69 bits per heavy atom. The molecule has 1 aliphatic heterocycles. The molecule has 0 saturated heterocycles. The molecule has 0 radical (unpaired) electrons. The normalized spacial score (nSPS) is 14.5. The summed E-state index contributed by atoms with van der Waals surface area (Å²) in [6.07, 6.45) is 0.999. The van der Waals surface area contributed by atoms with Crippen LogP contribution in [0.4, 0.5) is 11.6 Å². The average Bonchev–Trinajstić information content (AvgIpc) is 3.34. The Labute approximate surface area is 245 Å². The number of benzene rings is 3. The summed E-state index contributed by atoms with van der Waals surface area (Å²) in [5.41, 5.74) is 3.55. The minimum Gasteiger partial charge on any atom is -0.488 e. The monoisotopic (exact) mass is 623 g/mol. The van der Waals surface area contributed by atoms with Crippen LogP contribution in [0.15, 0.2) is 93.7 Å². The first kappa shape index (κ1) is 27.3. The van der Waals surface area contributed by atoms with Crippen molar-refractivity contribution in [3.05, 3.63) is 105 Å². The topological polar surface area (TPSA) is 81.1 Å². The van der Waals surface area contributed by atoms with E-state index in [-0.39, 0.29) is 12.5 Å². The number of allylic oxidation sites excluding steroid dienone is 1. The maximum absolute atomic E-state index is 13.8. The second kappa shape index (κ2) is 12.3. The Morgan fingerprint density at radius 1 is 1.15 bits per heavy atom. The van der Waals surface area contributed by atoms with Crippen LogP contribution in [0, 0.1) is 0 Å². The van der Waals surface area contributed by atoms with Gasteiger partial charge in [-0.15, -0.1) is 5.10 Å². The third-order valence-corrected chi connectivity index (χ3v) is 8.06. The van der Waals surface area contributed by atoms with E-state index < -0.39 is 6.04 Å². The van der Waals surface area contributed by atoms with Crippen molar-refractivity contribution >= 4 is 56.8 Å². The standard InChI is InChI=1S/C29H27BrClN5O2S/c1-3-15-39-29-34-28-32-18(2)25(27(37)33-21-10-5-4-6-11-21)26(36(28)35-29)22-16-20(30)13-14-24(22)38-17-19-9-7-8-12-23(19)31/h4-14,16,26H,3,15,17H2,1-2H3,(H,33,37)(H,32,34,35). The summed E-state index contributed by atoms with van der Waals surface area (Å²) < 4.78 is 8.96. The molecule has 1 unspecified atom stereocenters. The zero-order valence-electron chi connectivity index (χ0n) is 21.4. The van der Waals surface area contributed by atoms with E-state index in [0.29, 0.717) is 38.8 Å². The van der Waals surface area contributed by atoms with Crippen LogP contribution in [0.3, 0.4) is 0 Å². The SMILES string of the molecule is CCCSc1nc2n(n1)C(c1cc(Br)ccc1OCc1ccccc1Cl)C(C(=O)Nc1ccccc1)=C(C)N2. The fourth-order valence-electron chi connectivity index (χ4n) is 4.32. The lowest BCUT2D eigenvalue weighted by atomic mass is 9.94. The van der Waals surface area contributed by atoms with Crippen LogP contribution in [0.2, 0.25) is 5.02 Å². The number of nitrogens with one attached hydrogen (secondary N) is 2. The van der Waals surface area contributed by atoms with Crippen molar-refractivity contribution in [3.63, 3.8) is 0 Å². The average molecular weight is 625 g/mol. The highest BCUT2D eigenvalue weighted by atomic mass is 79.9. The molecule has 200 valence electrons. The van der Waals surface area contributed by atoms with Crippen LogP contribution in [-0.2, 0) is 11.4 Å². The van der Waals surface area contributed by atoms with Crippen LogP contribution in [0.1, 0.15) is 37.4 Å². The molecule has 39 heavy (non-hydrogen) atoms. The Bertz CT molecular complexity index is 1530. The van der Waals surface area contributed by atoms with Gasteiger partial charge < -0.3 is 15.4 Å². The van der Waals surface area contributed by atoms with E-state index in [1.165, 1.54) is 0 Å². The number of thioether (sulfide) groups is 1. The van der Waals surface area contributed by atoms with Gasteiger partial charge in [0.15, 0.2) is 0 Å². The highest BCUT2D eigenvalue weighted by Gasteiger charge is 2.36. The van der Waals surface area contributed by atoms with Crippen molar-refractivity contribution in [1.82, 2.24) is 14.8 Å². The summed E-state index contributed by atoms with van der Waals surface area (Å²) >= 11 is 11.6. The number of carbonyl (C=O) groups is 1. The van der Waals surface area contributed by atoms with Gasteiger partial charge in [-0.05, 0) is 49.7 Å². The van der Waals surface area contributed by atoms with Crippen LogP contribution in [-0.4, -0.2) is 26.4 Å². The van der Waals surface area contributed by atoms with Gasteiger partial charge in [0, 0.05) is 37.8 Å². The van der Waals surface area contributed by atoms with Crippen LogP contribution >= 0.6 is 39.3 Å². The molecule has 2 N–H and O–H groups in total. The summed E-state index contributed by atoms with van der Waals surface area (Å²) in [6, 6.07) is 22.2. The van der Waals surface area contributed by atoms with Crippen molar-refractivity contribution in [1.29, 1.82) is 0 Å². The van der Waals surface area contributed by atoms with Gasteiger partial charge in [-0.3, -0.25) is 4.79 Å². The maximum atomic E-state index is 13.8. The highest BCUT2D eigenvalue weighted by molar-refractivity contribution is 9.10. The van der Waals surface area contributed by atoms with Crippen molar-refractivity contribution in [2.24, 2.45) is 0 Å². The Hall–Kier alpha value is -3.27. The molecule has 5 rings (SSSR count). The lowest BCUT2D eigenvalue weighted by molar-refractivity contribution is -0.113. The molecule has 0 spiro atoms. The molecule has 0 saturated carbocycles. The number of hydrogen-bond acceptors (Lipinski definition) is 6.